The first-order valence-electron chi connectivity index (χ1n) is 6.42. The van der Waals surface area contributed by atoms with Crippen molar-refractivity contribution in [2.24, 2.45) is 0 Å². The van der Waals surface area contributed by atoms with E-state index in [9.17, 15) is 9.59 Å². The maximum Gasteiger partial charge on any atom is 0.317 e. The fourth-order valence-electron chi connectivity index (χ4n) is 2.20. The number of carboxylic acids is 1. The summed E-state index contributed by atoms with van der Waals surface area (Å²) in [5.41, 5.74) is 1.21. The number of carbonyl (C=O) groups is 2. The van der Waals surface area contributed by atoms with Gasteiger partial charge in [0.2, 0.25) is 0 Å². The second-order valence-electron chi connectivity index (χ2n) is 4.69. The molecule has 1 aromatic heterocycles. The molecule has 0 saturated heterocycles. The van der Waals surface area contributed by atoms with Gasteiger partial charge in [-0.3, -0.25) is 4.79 Å². The molecule has 2 amide bonds. The molecule has 0 bridgehead atoms. The highest BCUT2D eigenvalue weighted by Gasteiger charge is 2.23. The quantitative estimate of drug-likeness (QED) is 0.888. The van der Waals surface area contributed by atoms with E-state index in [1.54, 1.807) is 16.2 Å². The van der Waals surface area contributed by atoms with Gasteiger partial charge in [0.15, 0.2) is 0 Å². The van der Waals surface area contributed by atoms with Crippen molar-refractivity contribution in [2.75, 3.05) is 6.54 Å². The fraction of sp³-hybridized carbons (Fsp3) is 0.538. The molecule has 104 valence electrons. The zero-order chi connectivity index (χ0) is 13.8. The van der Waals surface area contributed by atoms with E-state index in [2.05, 4.69) is 5.32 Å². The van der Waals surface area contributed by atoms with Crippen LogP contribution in [0.4, 0.5) is 4.79 Å². The van der Waals surface area contributed by atoms with Gasteiger partial charge >= 0.3 is 12.0 Å². The molecule has 2 N–H and O–H groups in total. The molecule has 1 unspecified atom stereocenters. The molecule has 0 aliphatic carbocycles. The van der Waals surface area contributed by atoms with E-state index in [-0.39, 0.29) is 18.5 Å². The highest BCUT2D eigenvalue weighted by molar-refractivity contribution is 7.10. The van der Waals surface area contributed by atoms with Crippen molar-refractivity contribution in [3.63, 3.8) is 0 Å². The van der Waals surface area contributed by atoms with Crippen molar-refractivity contribution in [3.05, 3.63) is 21.9 Å². The van der Waals surface area contributed by atoms with Gasteiger partial charge in [-0.05, 0) is 29.9 Å². The van der Waals surface area contributed by atoms with Crippen LogP contribution in [0.3, 0.4) is 0 Å². The molecule has 0 spiro atoms. The van der Waals surface area contributed by atoms with Gasteiger partial charge in [0.25, 0.3) is 0 Å². The Morgan fingerprint density at radius 2 is 2.37 bits per heavy atom. The average Bonchev–Trinajstić information content (AvgIpc) is 2.84. The minimum Gasteiger partial charge on any atom is -0.481 e. The Balaban J connectivity index is 1.92. The van der Waals surface area contributed by atoms with Crippen LogP contribution in [0.1, 0.15) is 30.2 Å². The minimum atomic E-state index is -0.883. The Kier molecular flexibility index (Phi) is 4.42. The van der Waals surface area contributed by atoms with E-state index in [4.69, 9.17) is 5.11 Å². The Bertz CT molecular complexity index is 472. The first-order valence-corrected chi connectivity index (χ1v) is 7.30. The number of urea groups is 1. The molecule has 6 heteroatoms. The molecule has 0 radical (unpaired) electrons. The third-order valence-corrected chi connectivity index (χ3v) is 4.36. The average molecular weight is 282 g/mol. The van der Waals surface area contributed by atoms with Crippen molar-refractivity contribution in [2.45, 2.75) is 38.8 Å². The van der Waals surface area contributed by atoms with Gasteiger partial charge in [-0.2, -0.15) is 0 Å². The second-order valence-corrected chi connectivity index (χ2v) is 5.69. The topological polar surface area (TPSA) is 69.6 Å². The maximum atomic E-state index is 12.1. The van der Waals surface area contributed by atoms with Gasteiger partial charge in [-0.15, -0.1) is 11.3 Å². The second kappa shape index (κ2) is 6.06. The number of rotatable bonds is 4. The molecule has 1 atom stereocenters. The van der Waals surface area contributed by atoms with Crippen LogP contribution in [-0.4, -0.2) is 34.6 Å². The number of nitrogens with zero attached hydrogens (tertiary/aromatic N) is 1. The number of hydrogen-bond donors (Lipinski definition) is 2. The van der Waals surface area contributed by atoms with E-state index in [1.807, 2.05) is 18.4 Å². The lowest BCUT2D eigenvalue weighted by molar-refractivity contribution is -0.137. The zero-order valence-electron chi connectivity index (χ0n) is 10.9. The van der Waals surface area contributed by atoms with E-state index < -0.39 is 5.97 Å². The number of thiophene rings is 1. The molecule has 2 rings (SSSR count). The zero-order valence-corrected chi connectivity index (χ0v) is 11.7. The Morgan fingerprint density at radius 3 is 3.05 bits per heavy atom. The summed E-state index contributed by atoms with van der Waals surface area (Å²) in [6.07, 6.45) is 1.48. The highest BCUT2D eigenvalue weighted by Crippen LogP contribution is 2.23. The predicted molar refractivity (Wildman–Crippen MR) is 73.3 cm³/mol. The third-order valence-electron chi connectivity index (χ3n) is 3.34. The van der Waals surface area contributed by atoms with Crippen molar-refractivity contribution in [3.8, 4) is 0 Å². The monoisotopic (exact) mass is 282 g/mol. The smallest absolute Gasteiger partial charge is 0.317 e. The standard InChI is InChI=1S/C13H18N2O3S/c1-2-10(7-12(16)17)14-13(18)15-5-3-11-9(8-15)4-6-19-11/h4,6,10H,2-3,5,7-8H2,1H3,(H,14,18)(H,16,17). The highest BCUT2D eigenvalue weighted by atomic mass is 32.1. The van der Waals surface area contributed by atoms with Gasteiger partial charge in [-0.1, -0.05) is 6.92 Å². The number of fused-ring (bicyclic) bond motifs is 1. The summed E-state index contributed by atoms with van der Waals surface area (Å²) in [7, 11) is 0. The van der Waals surface area contributed by atoms with Crippen molar-refractivity contribution >= 4 is 23.3 Å². The molecule has 1 aliphatic rings. The molecule has 1 aromatic rings. The minimum absolute atomic E-state index is 0.0280. The summed E-state index contributed by atoms with van der Waals surface area (Å²) in [6.45, 7) is 3.19. The van der Waals surface area contributed by atoms with Gasteiger partial charge in [0, 0.05) is 24.0 Å². The largest absolute Gasteiger partial charge is 0.481 e. The summed E-state index contributed by atoms with van der Waals surface area (Å²) in [5, 5.41) is 13.6. The lowest BCUT2D eigenvalue weighted by Gasteiger charge is -2.29. The normalized spacial score (nSPS) is 15.7. The van der Waals surface area contributed by atoms with Gasteiger partial charge in [0.1, 0.15) is 0 Å². The molecule has 5 nitrogen and oxygen atoms in total. The van der Waals surface area contributed by atoms with Crippen LogP contribution in [0.15, 0.2) is 11.4 Å². The van der Waals surface area contributed by atoms with Crippen molar-refractivity contribution in [1.82, 2.24) is 10.2 Å². The Labute approximate surface area is 116 Å². The maximum absolute atomic E-state index is 12.1. The van der Waals surface area contributed by atoms with Crippen molar-refractivity contribution < 1.29 is 14.7 Å². The van der Waals surface area contributed by atoms with E-state index >= 15 is 0 Å². The summed E-state index contributed by atoms with van der Waals surface area (Å²) < 4.78 is 0. The van der Waals surface area contributed by atoms with E-state index in [0.29, 0.717) is 19.5 Å². The number of amides is 2. The lowest BCUT2D eigenvalue weighted by Crippen LogP contribution is -2.46. The van der Waals surface area contributed by atoms with E-state index in [1.165, 1.54) is 10.4 Å². The van der Waals surface area contributed by atoms with Crippen molar-refractivity contribution in [1.29, 1.82) is 0 Å². The van der Waals surface area contributed by atoms with E-state index in [0.717, 1.165) is 6.42 Å². The molecule has 0 aromatic carbocycles. The summed E-state index contributed by atoms with van der Waals surface area (Å²) in [4.78, 5) is 25.9. The predicted octanol–water partition coefficient (Wildman–Crippen LogP) is 2.07. The molecule has 2 heterocycles. The van der Waals surface area contributed by atoms with Crippen LogP contribution >= 0.6 is 11.3 Å². The number of carboxylic acid groups (broad SMARTS) is 1. The van der Waals surface area contributed by atoms with Gasteiger partial charge in [0.05, 0.1) is 6.42 Å². The third kappa shape index (κ3) is 3.47. The van der Waals surface area contributed by atoms with Crippen LogP contribution in [0.2, 0.25) is 0 Å². The van der Waals surface area contributed by atoms with Crippen LogP contribution in [-0.2, 0) is 17.8 Å². The number of carbonyl (C=O) groups excluding carboxylic acids is 1. The van der Waals surface area contributed by atoms with Crippen LogP contribution < -0.4 is 5.32 Å². The summed E-state index contributed by atoms with van der Waals surface area (Å²) in [5.74, 6) is -0.883. The molecular formula is C13H18N2O3S. The Hall–Kier alpha value is -1.56. The van der Waals surface area contributed by atoms with Crippen LogP contribution in [0.5, 0.6) is 0 Å². The molecule has 19 heavy (non-hydrogen) atoms. The first kappa shape index (κ1) is 13.9. The number of hydrogen-bond acceptors (Lipinski definition) is 3. The Morgan fingerprint density at radius 1 is 1.58 bits per heavy atom. The number of nitrogens with one attached hydrogen (secondary N) is 1. The molecule has 0 saturated carbocycles. The van der Waals surface area contributed by atoms with Crippen LogP contribution in [0.25, 0.3) is 0 Å². The molecule has 0 fully saturated rings. The first-order chi connectivity index (χ1) is 9.10. The SMILES string of the molecule is CCC(CC(=O)O)NC(=O)N1CCc2sccc2C1. The lowest BCUT2D eigenvalue weighted by atomic mass is 10.1. The summed E-state index contributed by atoms with van der Waals surface area (Å²) in [6, 6.07) is 1.59. The van der Waals surface area contributed by atoms with Gasteiger partial charge in [-0.25, -0.2) is 4.79 Å². The summed E-state index contributed by atoms with van der Waals surface area (Å²) >= 11 is 1.73. The fourth-order valence-corrected chi connectivity index (χ4v) is 3.09. The molecule has 1 aliphatic heterocycles. The van der Waals surface area contributed by atoms with Crippen LogP contribution in [0, 0.1) is 0 Å². The molecular weight excluding hydrogens is 264 g/mol. The van der Waals surface area contributed by atoms with Gasteiger partial charge < -0.3 is 15.3 Å². The number of aliphatic carboxylic acids is 1.